The van der Waals surface area contributed by atoms with Gasteiger partial charge in [0.2, 0.25) is 10.0 Å². The van der Waals surface area contributed by atoms with Crippen molar-refractivity contribution in [2.45, 2.75) is 4.90 Å². The molecule has 0 spiro atoms. The number of aromatic nitrogens is 2. The zero-order chi connectivity index (χ0) is 22.3. The number of hydrogen-bond donors (Lipinski definition) is 2. The van der Waals surface area contributed by atoms with E-state index >= 15 is 0 Å². The number of rotatable bonds is 4. The van der Waals surface area contributed by atoms with Crippen molar-refractivity contribution in [3.05, 3.63) is 91.3 Å². The molecule has 2 heterocycles. The number of halogens is 2. The maximum Gasteiger partial charge on any atom is 0.279 e. The highest BCUT2D eigenvalue weighted by Gasteiger charge is 2.11. The highest BCUT2D eigenvalue weighted by atomic mass is 35.5. The first-order chi connectivity index (χ1) is 14.6. The molecule has 4 rings (SSSR count). The van der Waals surface area contributed by atoms with Crippen LogP contribution >= 0.6 is 23.2 Å². The van der Waals surface area contributed by atoms with Crippen LogP contribution in [0.2, 0.25) is 10.0 Å². The molecule has 0 saturated heterocycles. The van der Waals surface area contributed by atoms with Crippen LogP contribution in [-0.2, 0) is 10.0 Å². The maximum absolute atomic E-state index is 12.9. The minimum absolute atomic E-state index is 0.0542. The summed E-state index contributed by atoms with van der Waals surface area (Å²) in [5, 5.41) is 9.58. The lowest BCUT2D eigenvalue weighted by molar-refractivity contribution is 0.571. The fraction of sp³-hybridized carbons (Fsp3) is 0. The molecule has 4 aromatic rings. The largest absolute Gasteiger partial charge is 0.457 e. The van der Waals surface area contributed by atoms with Gasteiger partial charge in [0.25, 0.3) is 5.56 Å². The number of nitrogens with zero attached hydrogens (tertiary/aromatic N) is 1. The second kappa shape index (κ2) is 7.90. The standard InChI is InChI=1S/C21H15Cl2N3O4S/c1-12-18(11-15-5-9-20(30-15)17-8-2-13(22)10-19(17)23)21(27)26(25-12)14-3-6-16(7-4-14)31(24,28)29/h2-11,25H,1H2,(H2,24,28,29)/b18-11-. The Morgan fingerprint density at radius 1 is 1.06 bits per heavy atom. The lowest BCUT2D eigenvalue weighted by Crippen LogP contribution is -2.33. The van der Waals surface area contributed by atoms with Gasteiger partial charge in [-0.25, -0.2) is 18.2 Å². The van der Waals surface area contributed by atoms with Gasteiger partial charge in [0.1, 0.15) is 11.5 Å². The zero-order valence-electron chi connectivity index (χ0n) is 15.8. The minimum atomic E-state index is -3.83. The van der Waals surface area contributed by atoms with Crippen LogP contribution in [0, 0.1) is 0 Å². The summed E-state index contributed by atoms with van der Waals surface area (Å²) < 4.78 is 29.9. The number of nitrogens with two attached hydrogens (primary N) is 1. The Morgan fingerprint density at radius 2 is 1.77 bits per heavy atom. The quantitative estimate of drug-likeness (QED) is 0.472. The predicted octanol–water partition coefficient (Wildman–Crippen LogP) is 2.62. The van der Waals surface area contributed by atoms with Crippen LogP contribution in [0.5, 0.6) is 0 Å². The normalized spacial score (nSPS) is 12.4. The summed E-state index contributed by atoms with van der Waals surface area (Å²) in [6.07, 6.45) is 1.56. The number of hydrogen-bond acceptors (Lipinski definition) is 4. The van der Waals surface area contributed by atoms with E-state index in [0.717, 1.165) is 0 Å². The first-order valence-electron chi connectivity index (χ1n) is 8.84. The Labute approximate surface area is 186 Å². The van der Waals surface area contributed by atoms with E-state index in [2.05, 4.69) is 11.7 Å². The monoisotopic (exact) mass is 475 g/mol. The van der Waals surface area contributed by atoms with Gasteiger partial charge >= 0.3 is 0 Å². The number of aromatic amines is 1. The molecule has 0 saturated carbocycles. The van der Waals surface area contributed by atoms with E-state index in [1.165, 1.54) is 28.9 Å². The fourth-order valence-electron chi connectivity index (χ4n) is 3.02. The molecule has 0 unspecified atom stereocenters. The topological polar surface area (TPSA) is 111 Å². The van der Waals surface area contributed by atoms with Crippen LogP contribution in [0.3, 0.4) is 0 Å². The number of benzene rings is 2. The SMILES string of the molecule is C=c1[nH]n(-c2ccc(S(N)(=O)=O)cc2)c(=O)/c1=C\c1ccc(-c2ccc(Cl)cc2Cl)o1. The van der Waals surface area contributed by atoms with Gasteiger partial charge < -0.3 is 4.42 Å². The van der Waals surface area contributed by atoms with Crippen LogP contribution in [0.4, 0.5) is 0 Å². The third kappa shape index (κ3) is 4.24. The predicted molar refractivity (Wildman–Crippen MR) is 120 cm³/mol. The van der Waals surface area contributed by atoms with Gasteiger partial charge in [-0.15, -0.1) is 0 Å². The molecular formula is C21H15Cl2N3O4S. The molecule has 10 heteroatoms. The molecule has 0 aliphatic rings. The summed E-state index contributed by atoms with van der Waals surface area (Å²) in [6.45, 7) is 3.87. The molecule has 0 aliphatic carbocycles. The van der Waals surface area contributed by atoms with Crippen LogP contribution in [0.15, 0.2) is 68.7 Å². The molecule has 3 N–H and O–H groups in total. The van der Waals surface area contributed by atoms with Crippen molar-refractivity contribution in [2.75, 3.05) is 0 Å². The first-order valence-corrected chi connectivity index (χ1v) is 11.1. The Morgan fingerprint density at radius 3 is 2.42 bits per heavy atom. The first kappa shape index (κ1) is 21.2. The average Bonchev–Trinajstić information content (AvgIpc) is 3.27. The minimum Gasteiger partial charge on any atom is -0.457 e. The summed E-state index contributed by atoms with van der Waals surface area (Å²) in [4.78, 5) is 12.8. The van der Waals surface area contributed by atoms with Crippen LogP contribution in [0.1, 0.15) is 5.76 Å². The molecule has 0 amide bonds. The summed E-state index contributed by atoms with van der Waals surface area (Å²) in [6, 6.07) is 14.1. The molecular weight excluding hydrogens is 461 g/mol. The van der Waals surface area contributed by atoms with Crippen molar-refractivity contribution < 1.29 is 12.8 Å². The number of nitrogens with one attached hydrogen (secondary N) is 1. The summed E-state index contributed by atoms with van der Waals surface area (Å²) in [7, 11) is -3.83. The molecule has 0 radical (unpaired) electrons. The molecule has 0 atom stereocenters. The summed E-state index contributed by atoms with van der Waals surface area (Å²) in [5.74, 6) is 0.951. The van der Waals surface area contributed by atoms with Crippen LogP contribution < -0.4 is 21.3 Å². The Hall–Kier alpha value is -3.04. The van der Waals surface area contributed by atoms with E-state index < -0.39 is 10.0 Å². The van der Waals surface area contributed by atoms with Gasteiger partial charge in [-0.1, -0.05) is 29.8 Å². The Kier molecular flexibility index (Phi) is 5.40. The smallest absolute Gasteiger partial charge is 0.279 e. The van der Waals surface area contributed by atoms with Gasteiger partial charge in [0.05, 0.1) is 26.2 Å². The van der Waals surface area contributed by atoms with Gasteiger partial charge in [0, 0.05) is 10.6 Å². The number of H-pyrrole nitrogens is 1. The van der Waals surface area contributed by atoms with E-state index in [1.54, 1.807) is 36.4 Å². The van der Waals surface area contributed by atoms with Gasteiger partial charge in [-0.05, 0) is 60.7 Å². The molecule has 158 valence electrons. The maximum atomic E-state index is 12.9. The van der Waals surface area contributed by atoms with E-state index in [1.807, 2.05) is 0 Å². The van der Waals surface area contributed by atoms with E-state index in [0.29, 0.717) is 43.4 Å². The van der Waals surface area contributed by atoms with E-state index in [-0.39, 0.29) is 10.5 Å². The number of primary sulfonamides is 1. The number of sulfonamides is 1. The van der Waals surface area contributed by atoms with Gasteiger partial charge in [-0.2, -0.15) is 0 Å². The number of furan rings is 1. The van der Waals surface area contributed by atoms with E-state index in [9.17, 15) is 13.2 Å². The highest BCUT2D eigenvalue weighted by Crippen LogP contribution is 2.31. The lowest BCUT2D eigenvalue weighted by Gasteiger charge is -2.02. The molecule has 0 fully saturated rings. The van der Waals surface area contributed by atoms with Crippen molar-refractivity contribution in [1.29, 1.82) is 0 Å². The summed E-state index contributed by atoms with van der Waals surface area (Å²) >= 11 is 12.2. The fourth-order valence-corrected chi connectivity index (χ4v) is 4.03. The molecule has 7 nitrogen and oxygen atoms in total. The lowest BCUT2D eigenvalue weighted by atomic mass is 10.2. The highest BCUT2D eigenvalue weighted by molar-refractivity contribution is 7.89. The van der Waals surface area contributed by atoms with Crippen LogP contribution in [0.25, 0.3) is 29.7 Å². The van der Waals surface area contributed by atoms with E-state index in [4.69, 9.17) is 32.8 Å². The molecule has 0 bridgehead atoms. The third-order valence-electron chi connectivity index (χ3n) is 4.54. The molecule has 31 heavy (non-hydrogen) atoms. The molecule has 2 aromatic heterocycles. The van der Waals surface area contributed by atoms with Crippen molar-refractivity contribution in [3.63, 3.8) is 0 Å². The van der Waals surface area contributed by atoms with Crippen molar-refractivity contribution in [2.24, 2.45) is 5.14 Å². The summed E-state index contributed by atoms with van der Waals surface area (Å²) in [5.41, 5.74) is 0.716. The van der Waals surface area contributed by atoms with Crippen molar-refractivity contribution in [1.82, 2.24) is 9.78 Å². The Balaban J connectivity index is 1.74. The van der Waals surface area contributed by atoms with Gasteiger partial charge in [-0.3, -0.25) is 9.89 Å². The molecule has 2 aromatic carbocycles. The Bertz CT molecular complexity index is 1570. The van der Waals surface area contributed by atoms with Crippen molar-refractivity contribution in [3.8, 4) is 17.0 Å². The second-order valence-electron chi connectivity index (χ2n) is 6.65. The molecule has 0 aliphatic heterocycles. The van der Waals surface area contributed by atoms with Gasteiger partial charge in [0.15, 0.2) is 0 Å². The third-order valence-corrected chi connectivity index (χ3v) is 6.02. The van der Waals surface area contributed by atoms with Crippen LogP contribution in [-0.4, -0.2) is 18.2 Å². The second-order valence-corrected chi connectivity index (χ2v) is 9.06. The zero-order valence-corrected chi connectivity index (χ0v) is 18.1. The average molecular weight is 476 g/mol. The van der Waals surface area contributed by atoms with Crippen molar-refractivity contribution >= 4 is 45.9 Å².